The number of imidazole rings is 1. The molecule has 2 aromatic rings. The molecule has 1 aromatic heterocycles. The Balaban J connectivity index is 2.25. The van der Waals surface area contributed by atoms with Crippen molar-refractivity contribution in [3.8, 4) is 0 Å². The number of fused-ring (bicyclic) bond motifs is 1. The van der Waals surface area contributed by atoms with Crippen molar-refractivity contribution in [2.24, 2.45) is 14.1 Å². The van der Waals surface area contributed by atoms with Gasteiger partial charge in [-0.05, 0) is 24.6 Å². The van der Waals surface area contributed by atoms with Crippen molar-refractivity contribution in [1.29, 1.82) is 0 Å². The predicted octanol–water partition coefficient (Wildman–Crippen LogP) is 1.12. The number of benzene rings is 1. The van der Waals surface area contributed by atoms with Gasteiger partial charge in [-0.2, -0.15) is 0 Å². The van der Waals surface area contributed by atoms with Gasteiger partial charge in [0.05, 0.1) is 17.6 Å². The number of amides is 1. The fraction of sp³-hybridized carbons (Fsp3) is 0.385. The Morgan fingerprint density at radius 3 is 2.63 bits per heavy atom. The average Bonchev–Trinajstić information content (AvgIpc) is 2.62. The molecule has 0 aliphatic heterocycles. The molecule has 1 amide bonds. The van der Waals surface area contributed by atoms with Crippen LogP contribution in [-0.2, 0) is 25.4 Å². The predicted molar refractivity (Wildman–Crippen MR) is 72.0 cm³/mol. The van der Waals surface area contributed by atoms with Crippen LogP contribution in [-0.4, -0.2) is 21.8 Å². The van der Waals surface area contributed by atoms with Crippen LogP contribution in [0.2, 0.25) is 0 Å². The highest BCUT2D eigenvalue weighted by molar-refractivity contribution is 5.77. The summed E-state index contributed by atoms with van der Waals surface area (Å²) >= 11 is 0. The van der Waals surface area contributed by atoms with Crippen LogP contribution in [0, 0.1) is 0 Å². The number of hydrogen-bond donors (Lipinski definition) is 1. The van der Waals surface area contributed by atoms with Gasteiger partial charge in [0.15, 0.2) is 0 Å². The van der Waals surface area contributed by atoms with Gasteiger partial charge in [-0.25, -0.2) is 9.59 Å². The minimum absolute atomic E-state index is 0.0644. The number of aryl methyl sites for hydroxylation is 2. The molecule has 0 bridgehead atoms. The lowest BCUT2D eigenvalue weighted by atomic mass is 10.2. The second-order valence-electron chi connectivity index (χ2n) is 4.30. The molecule has 6 nitrogen and oxygen atoms in total. The van der Waals surface area contributed by atoms with Crippen molar-refractivity contribution in [1.82, 2.24) is 14.5 Å². The van der Waals surface area contributed by atoms with Crippen molar-refractivity contribution in [2.75, 3.05) is 6.61 Å². The first-order valence-electron chi connectivity index (χ1n) is 6.09. The molecular weight excluding hydrogens is 246 g/mol. The fourth-order valence-corrected chi connectivity index (χ4v) is 2.02. The molecule has 1 aromatic carbocycles. The molecule has 1 heterocycles. The summed E-state index contributed by atoms with van der Waals surface area (Å²) in [4.78, 5) is 23.0. The van der Waals surface area contributed by atoms with Gasteiger partial charge in [-0.3, -0.25) is 9.13 Å². The quantitative estimate of drug-likeness (QED) is 0.902. The topological polar surface area (TPSA) is 65.3 Å². The summed E-state index contributed by atoms with van der Waals surface area (Å²) in [5, 5.41) is 2.65. The zero-order valence-electron chi connectivity index (χ0n) is 11.3. The van der Waals surface area contributed by atoms with E-state index < -0.39 is 6.09 Å². The van der Waals surface area contributed by atoms with E-state index >= 15 is 0 Å². The standard InChI is InChI=1S/C13H17N3O3/c1-4-19-12(17)14-8-9-5-6-10-11(7-9)16(3)13(18)15(10)2/h5-7H,4,8H2,1-3H3,(H,14,17). The lowest BCUT2D eigenvalue weighted by molar-refractivity contribution is 0.151. The van der Waals surface area contributed by atoms with E-state index in [0.29, 0.717) is 13.2 Å². The number of aromatic nitrogens is 2. The Morgan fingerprint density at radius 1 is 1.26 bits per heavy atom. The second kappa shape index (κ2) is 5.17. The number of ether oxygens (including phenoxy) is 1. The van der Waals surface area contributed by atoms with Crippen molar-refractivity contribution < 1.29 is 9.53 Å². The molecule has 0 radical (unpaired) electrons. The summed E-state index contributed by atoms with van der Waals surface area (Å²) in [6.07, 6.45) is -0.440. The van der Waals surface area contributed by atoms with Crippen LogP contribution in [0.15, 0.2) is 23.0 Å². The molecule has 0 aliphatic carbocycles. The number of alkyl carbamates (subject to hydrolysis) is 1. The first kappa shape index (κ1) is 13.2. The zero-order chi connectivity index (χ0) is 14.0. The highest BCUT2D eigenvalue weighted by Gasteiger charge is 2.08. The minimum atomic E-state index is -0.440. The van der Waals surface area contributed by atoms with Crippen LogP contribution in [0.1, 0.15) is 12.5 Å². The normalized spacial score (nSPS) is 10.7. The van der Waals surface area contributed by atoms with E-state index in [1.807, 2.05) is 18.2 Å². The maximum atomic E-state index is 11.8. The van der Waals surface area contributed by atoms with Gasteiger partial charge in [0.2, 0.25) is 0 Å². The largest absolute Gasteiger partial charge is 0.450 e. The zero-order valence-corrected chi connectivity index (χ0v) is 11.3. The molecule has 0 spiro atoms. The summed E-state index contributed by atoms with van der Waals surface area (Å²) < 4.78 is 7.97. The van der Waals surface area contributed by atoms with E-state index in [4.69, 9.17) is 4.74 Å². The Morgan fingerprint density at radius 2 is 1.95 bits per heavy atom. The van der Waals surface area contributed by atoms with E-state index in [-0.39, 0.29) is 5.69 Å². The number of rotatable bonds is 3. The maximum Gasteiger partial charge on any atom is 0.407 e. The number of nitrogens with one attached hydrogen (secondary N) is 1. The van der Waals surface area contributed by atoms with Gasteiger partial charge in [-0.15, -0.1) is 0 Å². The lowest BCUT2D eigenvalue weighted by Gasteiger charge is -2.05. The first-order chi connectivity index (χ1) is 9.04. The van der Waals surface area contributed by atoms with Crippen LogP contribution in [0.3, 0.4) is 0 Å². The smallest absolute Gasteiger partial charge is 0.407 e. The molecule has 0 saturated heterocycles. The van der Waals surface area contributed by atoms with Crippen LogP contribution < -0.4 is 11.0 Å². The maximum absolute atomic E-state index is 11.8. The van der Waals surface area contributed by atoms with Crippen LogP contribution in [0.5, 0.6) is 0 Å². The summed E-state index contributed by atoms with van der Waals surface area (Å²) in [6, 6.07) is 5.65. The Hall–Kier alpha value is -2.24. The van der Waals surface area contributed by atoms with Gasteiger partial charge in [-0.1, -0.05) is 6.07 Å². The molecule has 0 atom stereocenters. The summed E-state index contributed by atoms with van der Waals surface area (Å²) in [7, 11) is 3.47. The Labute approximate surface area is 110 Å². The van der Waals surface area contributed by atoms with Crippen molar-refractivity contribution >= 4 is 17.1 Å². The Bertz CT molecular complexity index is 670. The molecule has 0 fully saturated rings. The van der Waals surface area contributed by atoms with E-state index in [1.54, 1.807) is 30.2 Å². The third kappa shape index (κ3) is 2.47. The van der Waals surface area contributed by atoms with Crippen LogP contribution in [0.25, 0.3) is 11.0 Å². The summed E-state index contributed by atoms with van der Waals surface area (Å²) in [6.45, 7) is 2.47. The van der Waals surface area contributed by atoms with Crippen LogP contribution in [0.4, 0.5) is 4.79 Å². The molecule has 19 heavy (non-hydrogen) atoms. The monoisotopic (exact) mass is 263 g/mol. The van der Waals surface area contributed by atoms with E-state index in [9.17, 15) is 9.59 Å². The van der Waals surface area contributed by atoms with Gasteiger partial charge < -0.3 is 10.1 Å². The van der Waals surface area contributed by atoms with E-state index in [1.165, 1.54) is 0 Å². The molecule has 1 N–H and O–H groups in total. The van der Waals surface area contributed by atoms with Gasteiger partial charge >= 0.3 is 11.8 Å². The second-order valence-corrected chi connectivity index (χ2v) is 4.30. The van der Waals surface area contributed by atoms with Gasteiger partial charge in [0.1, 0.15) is 0 Å². The van der Waals surface area contributed by atoms with Crippen LogP contribution >= 0.6 is 0 Å². The average molecular weight is 263 g/mol. The van der Waals surface area contributed by atoms with Gasteiger partial charge in [0, 0.05) is 20.6 Å². The van der Waals surface area contributed by atoms with Crippen molar-refractivity contribution in [3.63, 3.8) is 0 Å². The molecule has 0 saturated carbocycles. The lowest BCUT2D eigenvalue weighted by Crippen LogP contribution is -2.23. The Kier molecular flexibility index (Phi) is 3.59. The molecule has 0 unspecified atom stereocenters. The molecule has 2 rings (SSSR count). The number of carbonyl (C=O) groups excluding carboxylic acids is 1. The number of carbonyl (C=O) groups is 1. The highest BCUT2D eigenvalue weighted by atomic mass is 16.5. The molecule has 102 valence electrons. The number of nitrogens with zero attached hydrogens (tertiary/aromatic N) is 2. The molecule has 0 aliphatic rings. The third-order valence-electron chi connectivity index (χ3n) is 3.05. The molecular formula is C13H17N3O3. The van der Waals surface area contributed by atoms with Gasteiger partial charge in [0.25, 0.3) is 0 Å². The third-order valence-corrected chi connectivity index (χ3v) is 3.05. The van der Waals surface area contributed by atoms with E-state index in [2.05, 4.69) is 5.32 Å². The van der Waals surface area contributed by atoms with E-state index in [0.717, 1.165) is 16.6 Å². The first-order valence-corrected chi connectivity index (χ1v) is 6.09. The molecule has 6 heteroatoms. The van der Waals surface area contributed by atoms with Crippen molar-refractivity contribution in [3.05, 3.63) is 34.2 Å². The summed E-state index contributed by atoms with van der Waals surface area (Å²) in [5.41, 5.74) is 2.57. The van der Waals surface area contributed by atoms with Crippen molar-refractivity contribution in [2.45, 2.75) is 13.5 Å². The summed E-state index contributed by atoms with van der Waals surface area (Å²) in [5.74, 6) is 0. The minimum Gasteiger partial charge on any atom is -0.450 e. The fourth-order valence-electron chi connectivity index (χ4n) is 2.02. The SMILES string of the molecule is CCOC(=O)NCc1ccc2c(c1)n(C)c(=O)n2C. The number of hydrogen-bond acceptors (Lipinski definition) is 3. The highest BCUT2D eigenvalue weighted by Crippen LogP contribution is 2.13.